The van der Waals surface area contributed by atoms with Crippen molar-refractivity contribution < 1.29 is 4.39 Å². The Morgan fingerprint density at radius 1 is 1.27 bits per heavy atom. The Hall–Kier alpha value is -1.53. The number of H-pyrrole nitrogens is 2. The summed E-state index contributed by atoms with van der Waals surface area (Å²) in [6.07, 6.45) is 0. The van der Waals surface area contributed by atoms with Crippen molar-refractivity contribution >= 4 is 12.2 Å². The van der Waals surface area contributed by atoms with Crippen LogP contribution in [0.25, 0.3) is 0 Å². The summed E-state index contributed by atoms with van der Waals surface area (Å²) in [5.41, 5.74) is 6.67. The molecule has 1 heterocycles. The number of aromatic nitrogens is 3. The minimum Gasteiger partial charge on any atom is -0.318 e. The van der Waals surface area contributed by atoms with Crippen LogP contribution in [-0.2, 0) is 0 Å². The van der Waals surface area contributed by atoms with E-state index in [9.17, 15) is 4.39 Å². The average molecular weight is 224 g/mol. The van der Waals surface area contributed by atoms with Gasteiger partial charge in [0.05, 0.1) is 6.04 Å². The number of halogens is 1. The molecule has 0 aliphatic carbocycles. The summed E-state index contributed by atoms with van der Waals surface area (Å²) >= 11 is 4.81. The van der Waals surface area contributed by atoms with Gasteiger partial charge in [0.1, 0.15) is 11.6 Å². The van der Waals surface area contributed by atoms with Gasteiger partial charge in [0, 0.05) is 0 Å². The van der Waals surface area contributed by atoms with E-state index in [2.05, 4.69) is 15.2 Å². The first-order chi connectivity index (χ1) is 7.16. The Balaban J connectivity index is 2.31. The van der Waals surface area contributed by atoms with Crippen molar-refractivity contribution in [3.8, 4) is 0 Å². The highest BCUT2D eigenvalue weighted by atomic mass is 32.1. The monoisotopic (exact) mass is 224 g/mol. The van der Waals surface area contributed by atoms with Crippen molar-refractivity contribution in [2.24, 2.45) is 5.73 Å². The van der Waals surface area contributed by atoms with Crippen LogP contribution in [0.2, 0.25) is 0 Å². The third-order valence-corrected chi connectivity index (χ3v) is 2.24. The van der Waals surface area contributed by atoms with Gasteiger partial charge in [-0.3, -0.25) is 10.2 Å². The average Bonchev–Trinajstić information content (AvgIpc) is 2.65. The lowest BCUT2D eigenvalue weighted by atomic mass is 10.1. The molecule has 78 valence electrons. The van der Waals surface area contributed by atoms with Gasteiger partial charge in [-0.2, -0.15) is 0 Å². The molecule has 15 heavy (non-hydrogen) atoms. The molecule has 1 aromatic heterocycles. The molecule has 0 saturated heterocycles. The third-order valence-electron chi connectivity index (χ3n) is 2.04. The van der Waals surface area contributed by atoms with E-state index in [0.717, 1.165) is 5.56 Å². The molecule has 4 nitrogen and oxygen atoms in total. The van der Waals surface area contributed by atoms with Crippen LogP contribution in [0.4, 0.5) is 4.39 Å². The Morgan fingerprint density at radius 2 is 1.93 bits per heavy atom. The molecule has 0 amide bonds. The number of hydrogen-bond acceptors (Lipinski definition) is 3. The normalized spacial score (nSPS) is 12.7. The number of aromatic amines is 2. The fourth-order valence-corrected chi connectivity index (χ4v) is 1.41. The molecule has 2 rings (SSSR count). The molecule has 0 spiro atoms. The predicted molar refractivity (Wildman–Crippen MR) is 56.2 cm³/mol. The van der Waals surface area contributed by atoms with E-state index in [1.807, 2.05) is 0 Å². The van der Waals surface area contributed by atoms with Crippen molar-refractivity contribution in [3.63, 3.8) is 0 Å². The summed E-state index contributed by atoms with van der Waals surface area (Å²) in [5, 5.41) is 5.41. The summed E-state index contributed by atoms with van der Waals surface area (Å²) in [7, 11) is 0. The highest BCUT2D eigenvalue weighted by molar-refractivity contribution is 7.71. The smallest absolute Gasteiger partial charge is 0.213 e. The second-order valence-corrected chi connectivity index (χ2v) is 3.47. The fraction of sp³-hybridized carbons (Fsp3) is 0.111. The van der Waals surface area contributed by atoms with Crippen LogP contribution < -0.4 is 5.73 Å². The van der Waals surface area contributed by atoms with Gasteiger partial charge in [-0.15, -0.1) is 0 Å². The molecule has 1 aromatic carbocycles. The van der Waals surface area contributed by atoms with Crippen molar-refractivity contribution in [3.05, 3.63) is 46.2 Å². The predicted octanol–water partition coefficient (Wildman–Crippen LogP) is 1.65. The van der Waals surface area contributed by atoms with E-state index in [-0.39, 0.29) is 5.82 Å². The molecule has 6 heteroatoms. The zero-order valence-corrected chi connectivity index (χ0v) is 8.51. The molecule has 0 fully saturated rings. The maximum absolute atomic E-state index is 12.7. The van der Waals surface area contributed by atoms with Crippen LogP contribution in [-0.4, -0.2) is 15.2 Å². The number of hydrogen-bond donors (Lipinski definition) is 3. The van der Waals surface area contributed by atoms with Crippen molar-refractivity contribution in [2.45, 2.75) is 6.04 Å². The molecule has 1 unspecified atom stereocenters. The van der Waals surface area contributed by atoms with Gasteiger partial charge >= 0.3 is 0 Å². The molecular formula is C9H9FN4S. The topological polar surface area (TPSA) is 70.5 Å². The van der Waals surface area contributed by atoms with Crippen molar-refractivity contribution in [1.82, 2.24) is 15.2 Å². The van der Waals surface area contributed by atoms with E-state index < -0.39 is 6.04 Å². The highest BCUT2D eigenvalue weighted by Crippen LogP contribution is 2.15. The van der Waals surface area contributed by atoms with Crippen LogP contribution in [0.5, 0.6) is 0 Å². The lowest BCUT2D eigenvalue weighted by Crippen LogP contribution is -2.13. The van der Waals surface area contributed by atoms with Crippen molar-refractivity contribution in [1.29, 1.82) is 0 Å². The van der Waals surface area contributed by atoms with E-state index in [1.165, 1.54) is 12.1 Å². The standard InChI is InChI=1S/C9H9FN4S/c10-6-3-1-5(2-4-6)7(11)8-12-9(15)14-13-8/h1-4,7H,11H2,(H2,12,13,14,15). The van der Waals surface area contributed by atoms with Gasteiger partial charge in [-0.25, -0.2) is 9.37 Å². The third kappa shape index (κ3) is 2.11. The lowest BCUT2D eigenvalue weighted by Gasteiger charge is -2.07. The number of rotatable bonds is 2. The SMILES string of the molecule is NC(c1ccc(F)cc1)c1nc(=S)[nH][nH]1. The largest absolute Gasteiger partial charge is 0.318 e. The number of benzene rings is 1. The molecule has 0 bridgehead atoms. The maximum Gasteiger partial charge on any atom is 0.213 e. The zero-order valence-electron chi connectivity index (χ0n) is 7.70. The molecule has 0 aliphatic heterocycles. The molecule has 2 aromatic rings. The Labute approximate surface area is 90.3 Å². The minimum absolute atomic E-state index is 0.291. The molecule has 0 aliphatic rings. The number of nitrogens with two attached hydrogens (primary N) is 1. The van der Waals surface area contributed by atoms with E-state index in [0.29, 0.717) is 10.6 Å². The van der Waals surface area contributed by atoms with Crippen LogP contribution in [0.15, 0.2) is 24.3 Å². The van der Waals surface area contributed by atoms with Crippen LogP contribution >= 0.6 is 12.2 Å². The number of nitrogens with one attached hydrogen (secondary N) is 2. The maximum atomic E-state index is 12.7. The van der Waals surface area contributed by atoms with E-state index in [4.69, 9.17) is 18.0 Å². The van der Waals surface area contributed by atoms with Crippen LogP contribution in [0, 0.1) is 10.6 Å². The Morgan fingerprint density at radius 3 is 2.47 bits per heavy atom. The van der Waals surface area contributed by atoms with E-state index in [1.54, 1.807) is 12.1 Å². The van der Waals surface area contributed by atoms with Gasteiger partial charge < -0.3 is 5.73 Å². The van der Waals surface area contributed by atoms with Crippen LogP contribution in [0.1, 0.15) is 17.4 Å². The van der Waals surface area contributed by atoms with Gasteiger partial charge in [0.15, 0.2) is 0 Å². The van der Waals surface area contributed by atoms with Gasteiger partial charge in [-0.1, -0.05) is 12.1 Å². The molecule has 0 radical (unpaired) electrons. The Kier molecular flexibility index (Phi) is 2.61. The van der Waals surface area contributed by atoms with Gasteiger partial charge in [-0.05, 0) is 29.9 Å². The molecule has 4 N–H and O–H groups in total. The molecule has 1 atom stereocenters. The lowest BCUT2D eigenvalue weighted by molar-refractivity contribution is 0.626. The molecule has 0 saturated carbocycles. The second kappa shape index (κ2) is 3.92. The number of nitrogens with zero attached hydrogens (tertiary/aromatic N) is 1. The summed E-state index contributed by atoms with van der Waals surface area (Å²) in [6, 6.07) is 5.52. The first kappa shape index (κ1) is 10.0. The quantitative estimate of drug-likeness (QED) is 0.679. The van der Waals surface area contributed by atoms with Gasteiger partial charge in [0.25, 0.3) is 0 Å². The van der Waals surface area contributed by atoms with Gasteiger partial charge in [0.2, 0.25) is 4.77 Å². The first-order valence-corrected chi connectivity index (χ1v) is 4.73. The van der Waals surface area contributed by atoms with Crippen LogP contribution in [0.3, 0.4) is 0 Å². The second-order valence-electron chi connectivity index (χ2n) is 3.08. The first-order valence-electron chi connectivity index (χ1n) is 4.32. The Bertz CT molecular complexity index is 501. The van der Waals surface area contributed by atoms with E-state index >= 15 is 0 Å². The summed E-state index contributed by atoms with van der Waals surface area (Å²) < 4.78 is 13.0. The minimum atomic E-state index is -0.432. The van der Waals surface area contributed by atoms with Crippen molar-refractivity contribution in [2.75, 3.05) is 0 Å². The summed E-state index contributed by atoms with van der Waals surface area (Å²) in [4.78, 5) is 3.99. The summed E-state index contributed by atoms with van der Waals surface area (Å²) in [5.74, 6) is 0.243. The highest BCUT2D eigenvalue weighted by Gasteiger charge is 2.11. The zero-order chi connectivity index (χ0) is 10.8. The summed E-state index contributed by atoms with van der Waals surface area (Å²) in [6.45, 7) is 0. The molecular weight excluding hydrogens is 215 g/mol. The fourth-order valence-electron chi connectivity index (χ4n) is 1.26.